The maximum absolute atomic E-state index is 11.0. The number of nitrogens with zero attached hydrogens (tertiary/aromatic N) is 1. The topological polar surface area (TPSA) is 62.2 Å². The number of hydrogen-bond donors (Lipinski definition) is 2. The number of nitrogens with one attached hydrogen (secondary N) is 1. The Bertz CT molecular complexity index is 479. The number of rotatable bonds is 4. The zero-order valence-corrected chi connectivity index (χ0v) is 11.9. The Morgan fingerprint density at radius 2 is 2.26 bits per heavy atom. The molecule has 0 aliphatic heterocycles. The summed E-state index contributed by atoms with van der Waals surface area (Å²) in [4.78, 5) is 15.1. The Balaban J connectivity index is 2.13. The fourth-order valence-electron chi connectivity index (χ4n) is 2.91. The van der Waals surface area contributed by atoms with Crippen LogP contribution in [-0.2, 0) is 0 Å². The molecule has 1 aromatic heterocycles. The SMILES string of the molecule is CCC1CCC(Nc2cc(C(=O)O)cc(Cl)n2)C1C. The standard InChI is InChI=1S/C14H19ClN2O2/c1-3-9-4-5-11(8(9)2)16-13-7-10(14(18)19)6-12(15)17-13/h6-9,11H,3-5H2,1-2H3,(H,16,17)(H,18,19). The van der Waals surface area contributed by atoms with Crippen LogP contribution in [0.1, 0.15) is 43.5 Å². The minimum Gasteiger partial charge on any atom is -0.478 e. The van der Waals surface area contributed by atoms with E-state index in [-0.39, 0.29) is 10.7 Å². The van der Waals surface area contributed by atoms with E-state index < -0.39 is 5.97 Å². The number of aromatic carboxylic acids is 1. The summed E-state index contributed by atoms with van der Waals surface area (Å²) in [5.41, 5.74) is 0.167. The lowest BCUT2D eigenvalue weighted by atomic mass is 9.93. The fourth-order valence-corrected chi connectivity index (χ4v) is 3.12. The fraction of sp³-hybridized carbons (Fsp3) is 0.571. The van der Waals surface area contributed by atoms with E-state index >= 15 is 0 Å². The molecule has 0 spiro atoms. The molecule has 0 radical (unpaired) electrons. The van der Waals surface area contributed by atoms with Crippen LogP contribution in [0, 0.1) is 11.8 Å². The summed E-state index contributed by atoms with van der Waals surface area (Å²) in [5.74, 6) is 0.867. The molecule has 1 heterocycles. The summed E-state index contributed by atoms with van der Waals surface area (Å²) < 4.78 is 0. The van der Waals surface area contributed by atoms with Gasteiger partial charge in [-0.2, -0.15) is 0 Å². The molecule has 19 heavy (non-hydrogen) atoms. The van der Waals surface area contributed by atoms with Gasteiger partial charge in [0.15, 0.2) is 0 Å². The molecule has 0 aromatic carbocycles. The van der Waals surface area contributed by atoms with Crippen molar-refractivity contribution in [3.8, 4) is 0 Å². The summed E-state index contributed by atoms with van der Waals surface area (Å²) in [6.07, 6.45) is 3.49. The Morgan fingerprint density at radius 1 is 1.53 bits per heavy atom. The number of carboxylic acid groups (broad SMARTS) is 1. The van der Waals surface area contributed by atoms with E-state index in [4.69, 9.17) is 16.7 Å². The zero-order valence-electron chi connectivity index (χ0n) is 11.2. The molecule has 4 nitrogen and oxygen atoms in total. The van der Waals surface area contributed by atoms with Crippen molar-refractivity contribution in [1.29, 1.82) is 0 Å². The molecule has 5 heteroatoms. The average Bonchev–Trinajstić information content (AvgIpc) is 2.70. The first-order valence-electron chi connectivity index (χ1n) is 6.68. The molecule has 1 aliphatic carbocycles. The van der Waals surface area contributed by atoms with Gasteiger partial charge in [-0.1, -0.05) is 31.9 Å². The molecule has 2 rings (SSSR count). The number of pyridine rings is 1. The highest BCUT2D eigenvalue weighted by molar-refractivity contribution is 6.29. The van der Waals surface area contributed by atoms with Gasteiger partial charge in [0.2, 0.25) is 0 Å². The van der Waals surface area contributed by atoms with E-state index in [1.807, 2.05) is 0 Å². The molecule has 0 bridgehead atoms. The first kappa shape index (κ1) is 14.1. The maximum atomic E-state index is 11.0. The van der Waals surface area contributed by atoms with E-state index in [2.05, 4.69) is 24.1 Å². The molecule has 1 saturated carbocycles. The zero-order chi connectivity index (χ0) is 14.0. The van der Waals surface area contributed by atoms with Crippen molar-refractivity contribution in [2.45, 2.75) is 39.2 Å². The van der Waals surface area contributed by atoms with Gasteiger partial charge in [0.05, 0.1) is 5.56 Å². The quantitative estimate of drug-likeness (QED) is 0.827. The molecule has 2 N–H and O–H groups in total. The molecular weight excluding hydrogens is 264 g/mol. The molecule has 104 valence electrons. The van der Waals surface area contributed by atoms with Crippen LogP contribution < -0.4 is 5.32 Å². The predicted octanol–water partition coefficient (Wildman–Crippen LogP) is 3.67. The Hall–Kier alpha value is -1.29. The van der Waals surface area contributed by atoms with Crippen molar-refractivity contribution < 1.29 is 9.90 Å². The van der Waals surface area contributed by atoms with E-state index in [1.54, 1.807) is 6.07 Å². The van der Waals surface area contributed by atoms with Gasteiger partial charge in [-0.3, -0.25) is 0 Å². The highest BCUT2D eigenvalue weighted by Crippen LogP contribution is 2.35. The molecule has 3 atom stereocenters. The number of halogens is 1. The second-order valence-electron chi connectivity index (χ2n) is 5.22. The van der Waals surface area contributed by atoms with Gasteiger partial charge in [-0.05, 0) is 36.8 Å². The molecular formula is C14H19ClN2O2. The number of carboxylic acids is 1. The van der Waals surface area contributed by atoms with Gasteiger partial charge in [-0.25, -0.2) is 9.78 Å². The van der Waals surface area contributed by atoms with Crippen LogP contribution >= 0.6 is 11.6 Å². The van der Waals surface area contributed by atoms with Crippen molar-refractivity contribution in [1.82, 2.24) is 4.98 Å². The van der Waals surface area contributed by atoms with E-state index in [0.717, 1.165) is 12.3 Å². The van der Waals surface area contributed by atoms with Crippen LogP contribution in [0.5, 0.6) is 0 Å². The van der Waals surface area contributed by atoms with Crippen molar-refractivity contribution >= 4 is 23.4 Å². The minimum absolute atomic E-state index is 0.167. The lowest BCUT2D eigenvalue weighted by Crippen LogP contribution is -2.25. The van der Waals surface area contributed by atoms with Crippen LogP contribution in [0.3, 0.4) is 0 Å². The second-order valence-corrected chi connectivity index (χ2v) is 5.61. The third-order valence-corrected chi connectivity index (χ3v) is 4.32. The van der Waals surface area contributed by atoms with Gasteiger partial charge < -0.3 is 10.4 Å². The van der Waals surface area contributed by atoms with Gasteiger partial charge in [-0.15, -0.1) is 0 Å². The van der Waals surface area contributed by atoms with Crippen LogP contribution in [0.15, 0.2) is 12.1 Å². The third-order valence-electron chi connectivity index (χ3n) is 4.13. The smallest absolute Gasteiger partial charge is 0.335 e. The first-order chi connectivity index (χ1) is 9.01. The summed E-state index contributed by atoms with van der Waals surface area (Å²) >= 11 is 5.86. The van der Waals surface area contributed by atoms with E-state index in [9.17, 15) is 4.79 Å². The average molecular weight is 283 g/mol. The maximum Gasteiger partial charge on any atom is 0.335 e. The monoisotopic (exact) mass is 282 g/mol. The van der Waals surface area contributed by atoms with Gasteiger partial charge in [0.25, 0.3) is 0 Å². The number of aromatic nitrogens is 1. The van der Waals surface area contributed by atoms with Crippen molar-refractivity contribution in [2.75, 3.05) is 5.32 Å². The first-order valence-corrected chi connectivity index (χ1v) is 7.06. The lowest BCUT2D eigenvalue weighted by molar-refractivity contribution is 0.0697. The molecule has 0 saturated heterocycles. The predicted molar refractivity (Wildman–Crippen MR) is 75.8 cm³/mol. The molecule has 1 aliphatic rings. The summed E-state index contributed by atoms with van der Waals surface area (Å²) in [6, 6.07) is 3.25. The largest absolute Gasteiger partial charge is 0.478 e. The number of anilines is 1. The van der Waals surface area contributed by atoms with Crippen LogP contribution in [0.2, 0.25) is 5.15 Å². The van der Waals surface area contributed by atoms with Crippen LogP contribution in [0.4, 0.5) is 5.82 Å². The number of carbonyl (C=O) groups is 1. The van der Waals surface area contributed by atoms with Crippen LogP contribution in [0.25, 0.3) is 0 Å². The van der Waals surface area contributed by atoms with Gasteiger partial charge in [0.1, 0.15) is 11.0 Å². The second kappa shape index (κ2) is 5.78. The minimum atomic E-state index is -0.988. The normalized spacial score (nSPS) is 26.4. The summed E-state index contributed by atoms with van der Waals surface area (Å²) in [6.45, 7) is 4.45. The van der Waals surface area contributed by atoms with Crippen molar-refractivity contribution in [3.63, 3.8) is 0 Å². The Kier molecular flexibility index (Phi) is 4.30. The lowest BCUT2D eigenvalue weighted by Gasteiger charge is -2.21. The Labute approximate surface area is 118 Å². The molecule has 0 amide bonds. The van der Waals surface area contributed by atoms with Gasteiger partial charge >= 0.3 is 5.97 Å². The summed E-state index contributed by atoms with van der Waals surface area (Å²) in [7, 11) is 0. The highest BCUT2D eigenvalue weighted by Gasteiger charge is 2.31. The summed E-state index contributed by atoms with van der Waals surface area (Å²) in [5, 5.41) is 12.6. The molecule has 1 fully saturated rings. The Morgan fingerprint density at radius 3 is 2.84 bits per heavy atom. The molecule has 3 unspecified atom stereocenters. The van der Waals surface area contributed by atoms with E-state index in [0.29, 0.717) is 17.8 Å². The van der Waals surface area contributed by atoms with E-state index in [1.165, 1.54) is 18.9 Å². The number of hydrogen-bond acceptors (Lipinski definition) is 3. The molecule has 1 aromatic rings. The third kappa shape index (κ3) is 3.18. The van der Waals surface area contributed by atoms with Gasteiger partial charge in [0, 0.05) is 6.04 Å². The van der Waals surface area contributed by atoms with Crippen LogP contribution in [-0.4, -0.2) is 22.1 Å². The highest BCUT2D eigenvalue weighted by atomic mass is 35.5. The van der Waals surface area contributed by atoms with Crippen molar-refractivity contribution in [3.05, 3.63) is 22.8 Å². The van der Waals surface area contributed by atoms with Crippen molar-refractivity contribution in [2.24, 2.45) is 11.8 Å².